The number of piperazine rings is 1. The Bertz CT molecular complexity index is 485. The van der Waals surface area contributed by atoms with Crippen LogP contribution in [0.25, 0.3) is 0 Å². The fourth-order valence-electron chi connectivity index (χ4n) is 4.12. The molecule has 0 bridgehead atoms. The molecular formula is C14H28N4O2S. The molecule has 2 heterocycles. The number of nitrogens with two attached hydrogens (primary N) is 1. The van der Waals surface area contributed by atoms with Gasteiger partial charge >= 0.3 is 0 Å². The van der Waals surface area contributed by atoms with Gasteiger partial charge in [0.1, 0.15) is 0 Å². The summed E-state index contributed by atoms with van der Waals surface area (Å²) in [6.07, 6.45) is 5.06. The Morgan fingerprint density at radius 2 is 1.81 bits per heavy atom. The van der Waals surface area contributed by atoms with Crippen LogP contribution in [-0.2, 0) is 10.0 Å². The summed E-state index contributed by atoms with van der Waals surface area (Å²) in [4.78, 5) is 5.07. The normalized spacial score (nSPS) is 37.2. The second-order valence-corrected chi connectivity index (χ2v) is 9.02. The van der Waals surface area contributed by atoms with E-state index in [0.29, 0.717) is 25.7 Å². The quantitative estimate of drug-likeness (QED) is 0.758. The van der Waals surface area contributed by atoms with Crippen molar-refractivity contribution in [3.63, 3.8) is 0 Å². The second-order valence-electron chi connectivity index (χ2n) is 7.03. The average Bonchev–Trinajstić information content (AvgIpc) is 3.22. The van der Waals surface area contributed by atoms with Crippen molar-refractivity contribution in [2.75, 3.05) is 45.5 Å². The zero-order valence-corrected chi connectivity index (χ0v) is 14.0. The largest absolute Gasteiger partial charge is 0.329 e. The molecule has 0 radical (unpaired) electrons. The van der Waals surface area contributed by atoms with Crippen LogP contribution in [0.5, 0.6) is 0 Å². The Hall–Kier alpha value is -0.210. The van der Waals surface area contributed by atoms with Crippen LogP contribution in [0.1, 0.15) is 26.2 Å². The molecular weight excluding hydrogens is 288 g/mol. The lowest BCUT2D eigenvalue weighted by atomic mass is 9.93. The third-order valence-corrected chi connectivity index (χ3v) is 6.80. The Morgan fingerprint density at radius 1 is 1.19 bits per heavy atom. The van der Waals surface area contributed by atoms with Crippen LogP contribution in [0.15, 0.2) is 0 Å². The molecule has 0 aromatic carbocycles. The molecule has 3 aliphatic rings. The van der Waals surface area contributed by atoms with E-state index in [1.165, 1.54) is 19.1 Å². The first-order valence-electron chi connectivity index (χ1n) is 8.02. The number of rotatable bonds is 4. The molecule has 2 aliphatic heterocycles. The molecule has 2 N–H and O–H groups in total. The molecule has 7 heteroatoms. The van der Waals surface area contributed by atoms with Crippen LogP contribution in [0, 0.1) is 0 Å². The van der Waals surface area contributed by atoms with Crippen LogP contribution in [0.4, 0.5) is 0 Å². The maximum atomic E-state index is 11.6. The molecule has 2 atom stereocenters. The third-order valence-electron chi connectivity index (χ3n) is 5.49. The highest BCUT2D eigenvalue weighted by Crippen LogP contribution is 2.39. The molecule has 3 fully saturated rings. The van der Waals surface area contributed by atoms with Crippen molar-refractivity contribution in [1.29, 1.82) is 0 Å². The Morgan fingerprint density at radius 3 is 2.29 bits per heavy atom. The zero-order chi connectivity index (χ0) is 15.3. The van der Waals surface area contributed by atoms with E-state index >= 15 is 0 Å². The van der Waals surface area contributed by atoms with Crippen molar-refractivity contribution >= 4 is 10.0 Å². The molecule has 2 saturated heterocycles. The highest BCUT2D eigenvalue weighted by atomic mass is 32.2. The third kappa shape index (κ3) is 2.99. The topological polar surface area (TPSA) is 69.9 Å². The van der Waals surface area contributed by atoms with Gasteiger partial charge in [0.05, 0.1) is 6.26 Å². The molecule has 0 aromatic rings. The number of nitrogens with zero attached hydrogens (tertiary/aromatic N) is 3. The minimum absolute atomic E-state index is 0.0472. The van der Waals surface area contributed by atoms with Gasteiger partial charge in [0.2, 0.25) is 10.0 Å². The molecule has 0 spiro atoms. The smallest absolute Gasteiger partial charge is 0.211 e. The number of hydrogen-bond donors (Lipinski definition) is 1. The van der Waals surface area contributed by atoms with Gasteiger partial charge in [-0.05, 0) is 26.2 Å². The Kier molecular flexibility index (Phi) is 4.07. The van der Waals surface area contributed by atoms with Gasteiger partial charge in [0.15, 0.2) is 0 Å². The maximum absolute atomic E-state index is 11.6. The summed E-state index contributed by atoms with van der Waals surface area (Å²) in [6, 6.07) is 1.36. The second kappa shape index (κ2) is 5.45. The van der Waals surface area contributed by atoms with Gasteiger partial charge in [-0.1, -0.05) is 0 Å². The van der Waals surface area contributed by atoms with Gasteiger partial charge in [0.25, 0.3) is 0 Å². The molecule has 3 rings (SSSR count). The van der Waals surface area contributed by atoms with Gasteiger partial charge in [-0.15, -0.1) is 0 Å². The van der Waals surface area contributed by atoms with Gasteiger partial charge in [0, 0.05) is 56.9 Å². The summed E-state index contributed by atoms with van der Waals surface area (Å²) in [5.74, 6) is 0. The lowest BCUT2D eigenvalue weighted by Crippen LogP contribution is -2.61. The summed E-state index contributed by atoms with van der Waals surface area (Å²) < 4.78 is 24.9. The predicted octanol–water partition coefficient (Wildman–Crippen LogP) is -0.482. The number of likely N-dealkylation sites (tertiary alicyclic amines) is 1. The van der Waals surface area contributed by atoms with Crippen molar-refractivity contribution < 1.29 is 8.42 Å². The predicted molar refractivity (Wildman–Crippen MR) is 83.6 cm³/mol. The van der Waals surface area contributed by atoms with Crippen molar-refractivity contribution in [1.82, 2.24) is 14.1 Å². The SMILES string of the molecule is CC1CC(CN)(N2CCN(S(C)(=O)=O)CC2)CN1C1CC1. The molecule has 122 valence electrons. The van der Waals surface area contributed by atoms with E-state index in [0.717, 1.165) is 32.1 Å². The van der Waals surface area contributed by atoms with E-state index in [4.69, 9.17) is 5.73 Å². The van der Waals surface area contributed by atoms with Crippen LogP contribution in [-0.4, -0.2) is 85.7 Å². The van der Waals surface area contributed by atoms with Gasteiger partial charge in [-0.25, -0.2) is 8.42 Å². The minimum atomic E-state index is -3.06. The lowest BCUT2D eigenvalue weighted by Gasteiger charge is -2.45. The van der Waals surface area contributed by atoms with Crippen molar-refractivity contribution in [2.24, 2.45) is 5.73 Å². The fraction of sp³-hybridized carbons (Fsp3) is 1.00. The highest BCUT2D eigenvalue weighted by molar-refractivity contribution is 7.88. The lowest BCUT2D eigenvalue weighted by molar-refractivity contribution is 0.0635. The molecule has 0 amide bonds. The van der Waals surface area contributed by atoms with Crippen LogP contribution >= 0.6 is 0 Å². The number of hydrogen-bond acceptors (Lipinski definition) is 5. The van der Waals surface area contributed by atoms with E-state index in [9.17, 15) is 8.42 Å². The zero-order valence-electron chi connectivity index (χ0n) is 13.2. The molecule has 1 saturated carbocycles. The fourth-order valence-corrected chi connectivity index (χ4v) is 4.95. The molecule has 6 nitrogen and oxygen atoms in total. The minimum Gasteiger partial charge on any atom is -0.329 e. The standard InChI is InChI=1S/C14H28N4O2S/c1-12-9-14(10-15,11-18(12)13-3-4-13)16-5-7-17(8-6-16)21(2,19)20/h12-13H,3-11,15H2,1-2H3. The van der Waals surface area contributed by atoms with E-state index in [1.807, 2.05) is 0 Å². The first-order chi connectivity index (χ1) is 9.86. The molecule has 21 heavy (non-hydrogen) atoms. The van der Waals surface area contributed by atoms with Gasteiger partial charge in [-0.2, -0.15) is 4.31 Å². The Labute approximate surface area is 128 Å². The first-order valence-corrected chi connectivity index (χ1v) is 9.86. The van der Waals surface area contributed by atoms with Crippen molar-refractivity contribution in [2.45, 2.75) is 43.8 Å². The summed E-state index contributed by atoms with van der Waals surface area (Å²) in [7, 11) is -3.06. The number of sulfonamides is 1. The summed E-state index contributed by atoms with van der Waals surface area (Å²) >= 11 is 0. The van der Waals surface area contributed by atoms with Gasteiger partial charge in [-0.3, -0.25) is 9.80 Å². The van der Waals surface area contributed by atoms with Crippen LogP contribution in [0.3, 0.4) is 0 Å². The van der Waals surface area contributed by atoms with E-state index in [-0.39, 0.29) is 5.54 Å². The molecule has 0 aromatic heterocycles. The maximum Gasteiger partial charge on any atom is 0.211 e. The van der Waals surface area contributed by atoms with Crippen molar-refractivity contribution in [3.05, 3.63) is 0 Å². The van der Waals surface area contributed by atoms with Crippen molar-refractivity contribution in [3.8, 4) is 0 Å². The van der Waals surface area contributed by atoms with Crippen LogP contribution in [0.2, 0.25) is 0 Å². The average molecular weight is 316 g/mol. The molecule has 2 unspecified atom stereocenters. The summed E-state index contributed by atoms with van der Waals surface area (Å²) in [5.41, 5.74) is 6.21. The van der Waals surface area contributed by atoms with E-state index in [2.05, 4.69) is 16.7 Å². The van der Waals surface area contributed by atoms with Gasteiger partial charge < -0.3 is 5.73 Å². The monoisotopic (exact) mass is 316 g/mol. The van der Waals surface area contributed by atoms with E-state index in [1.54, 1.807) is 4.31 Å². The summed E-state index contributed by atoms with van der Waals surface area (Å²) in [5, 5.41) is 0. The van der Waals surface area contributed by atoms with Crippen LogP contribution < -0.4 is 5.73 Å². The highest BCUT2D eigenvalue weighted by Gasteiger charge is 2.49. The molecule has 1 aliphatic carbocycles. The first kappa shape index (κ1) is 15.7. The summed E-state index contributed by atoms with van der Waals surface area (Å²) in [6.45, 7) is 6.82. The van der Waals surface area contributed by atoms with E-state index < -0.39 is 10.0 Å². The Balaban J connectivity index is 1.68.